The molecule has 0 fully saturated rings. The Bertz CT molecular complexity index is 737. The van der Waals surface area contributed by atoms with Crippen molar-refractivity contribution in [1.29, 1.82) is 0 Å². The van der Waals surface area contributed by atoms with Crippen molar-refractivity contribution in [2.45, 2.75) is 27.3 Å². The second kappa shape index (κ2) is 4.96. The zero-order chi connectivity index (χ0) is 14.1. The lowest BCUT2D eigenvalue weighted by atomic mass is 10.1. The van der Waals surface area contributed by atoms with E-state index in [9.17, 15) is 0 Å². The van der Waals surface area contributed by atoms with Gasteiger partial charge in [-0.2, -0.15) is 0 Å². The highest BCUT2D eigenvalue weighted by Gasteiger charge is 2.04. The van der Waals surface area contributed by atoms with Crippen LogP contribution in [-0.2, 0) is 6.54 Å². The van der Waals surface area contributed by atoms with Gasteiger partial charge in [0.1, 0.15) is 5.82 Å². The number of nitrogens with zero attached hydrogens (tertiary/aromatic N) is 4. The molecule has 4 heteroatoms. The van der Waals surface area contributed by atoms with Gasteiger partial charge in [-0.15, -0.1) is 0 Å². The average molecular weight is 266 g/mol. The van der Waals surface area contributed by atoms with Crippen molar-refractivity contribution in [1.82, 2.24) is 19.1 Å². The van der Waals surface area contributed by atoms with E-state index in [4.69, 9.17) is 0 Å². The summed E-state index contributed by atoms with van der Waals surface area (Å²) in [5, 5.41) is 0. The highest BCUT2D eigenvalue weighted by molar-refractivity contribution is 5.39. The van der Waals surface area contributed by atoms with E-state index in [1.54, 1.807) is 0 Å². The molecule has 2 aromatic heterocycles. The summed E-state index contributed by atoms with van der Waals surface area (Å²) in [4.78, 5) is 8.70. The molecule has 4 nitrogen and oxygen atoms in total. The van der Waals surface area contributed by atoms with Gasteiger partial charge in [-0.3, -0.25) is 0 Å². The number of benzene rings is 1. The Labute approximate surface area is 118 Å². The Hall–Kier alpha value is -2.36. The van der Waals surface area contributed by atoms with E-state index in [0.29, 0.717) is 0 Å². The van der Waals surface area contributed by atoms with Crippen molar-refractivity contribution in [3.8, 4) is 5.69 Å². The Morgan fingerprint density at radius 3 is 2.60 bits per heavy atom. The number of imidazole rings is 2. The first-order valence-corrected chi connectivity index (χ1v) is 6.72. The SMILES string of the molecule is Cc1ccc(-n2cnc(Cn3ccnc3C)c2)cc1C. The minimum absolute atomic E-state index is 0.754. The Kier molecular flexibility index (Phi) is 3.14. The third-order valence-electron chi connectivity index (χ3n) is 3.68. The number of aryl methyl sites for hydroxylation is 3. The Morgan fingerprint density at radius 2 is 1.90 bits per heavy atom. The first-order valence-electron chi connectivity index (χ1n) is 6.72. The van der Waals surface area contributed by atoms with E-state index in [1.807, 2.05) is 25.6 Å². The van der Waals surface area contributed by atoms with Crippen LogP contribution in [0.1, 0.15) is 22.6 Å². The molecule has 0 aliphatic carbocycles. The molecule has 20 heavy (non-hydrogen) atoms. The van der Waals surface area contributed by atoms with E-state index in [1.165, 1.54) is 11.1 Å². The summed E-state index contributed by atoms with van der Waals surface area (Å²) in [6.45, 7) is 7.01. The lowest BCUT2D eigenvalue weighted by Gasteiger charge is -2.05. The number of rotatable bonds is 3. The van der Waals surface area contributed by atoms with Crippen molar-refractivity contribution < 1.29 is 0 Å². The van der Waals surface area contributed by atoms with E-state index in [2.05, 4.69) is 57.3 Å². The molecule has 0 amide bonds. The Morgan fingerprint density at radius 1 is 1.05 bits per heavy atom. The van der Waals surface area contributed by atoms with Crippen molar-refractivity contribution in [2.75, 3.05) is 0 Å². The third-order valence-corrected chi connectivity index (χ3v) is 3.68. The summed E-state index contributed by atoms with van der Waals surface area (Å²) in [5.74, 6) is 1.01. The largest absolute Gasteiger partial charge is 0.329 e. The minimum atomic E-state index is 0.754. The van der Waals surface area contributed by atoms with Crippen molar-refractivity contribution in [3.63, 3.8) is 0 Å². The molecule has 102 valence electrons. The molecule has 2 heterocycles. The maximum Gasteiger partial charge on any atom is 0.105 e. The van der Waals surface area contributed by atoms with Gasteiger partial charge in [-0.1, -0.05) is 6.07 Å². The van der Waals surface area contributed by atoms with Gasteiger partial charge in [0, 0.05) is 24.3 Å². The first kappa shape index (κ1) is 12.7. The molecule has 0 unspecified atom stereocenters. The fraction of sp³-hybridized carbons (Fsp3) is 0.250. The molecule has 3 rings (SSSR count). The smallest absolute Gasteiger partial charge is 0.105 e. The molecule has 0 N–H and O–H groups in total. The van der Waals surface area contributed by atoms with E-state index in [-0.39, 0.29) is 0 Å². The summed E-state index contributed by atoms with van der Waals surface area (Å²) in [6, 6.07) is 6.45. The molecule has 0 saturated carbocycles. The van der Waals surface area contributed by atoms with Gasteiger partial charge in [0.25, 0.3) is 0 Å². The lowest BCUT2D eigenvalue weighted by Crippen LogP contribution is -2.00. The van der Waals surface area contributed by atoms with Gasteiger partial charge in [-0.25, -0.2) is 9.97 Å². The highest BCUT2D eigenvalue weighted by Crippen LogP contribution is 2.15. The van der Waals surface area contributed by atoms with E-state index >= 15 is 0 Å². The van der Waals surface area contributed by atoms with Crippen LogP contribution >= 0.6 is 0 Å². The predicted octanol–water partition coefficient (Wildman–Crippen LogP) is 3.04. The van der Waals surface area contributed by atoms with Crippen LogP contribution in [0.25, 0.3) is 5.69 Å². The topological polar surface area (TPSA) is 35.6 Å². The number of hydrogen-bond donors (Lipinski definition) is 0. The summed E-state index contributed by atoms with van der Waals surface area (Å²) in [5.41, 5.74) is 4.78. The van der Waals surface area contributed by atoms with Crippen molar-refractivity contribution in [3.05, 3.63) is 65.8 Å². The van der Waals surface area contributed by atoms with Crippen LogP contribution in [0.15, 0.2) is 43.1 Å². The van der Waals surface area contributed by atoms with Gasteiger partial charge in [0.05, 0.1) is 18.6 Å². The third kappa shape index (κ3) is 2.37. The lowest BCUT2D eigenvalue weighted by molar-refractivity contribution is 0.746. The van der Waals surface area contributed by atoms with Crippen molar-refractivity contribution >= 4 is 0 Å². The van der Waals surface area contributed by atoms with Crippen molar-refractivity contribution in [2.24, 2.45) is 0 Å². The fourth-order valence-electron chi connectivity index (χ4n) is 2.22. The van der Waals surface area contributed by atoms with Gasteiger partial charge < -0.3 is 9.13 Å². The second-order valence-electron chi connectivity index (χ2n) is 5.14. The van der Waals surface area contributed by atoms with Crippen LogP contribution in [0.2, 0.25) is 0 Å². The van der Waals surface area contributed by atoms with Crippen LogP contribution in [0, 0.1) is 20.8 Å². The zero-order valence-electron chi connectivity index (χ0n) is 12.0. The molecule has 3 aromatic rings. The molecular formula is C16H18N4. The quantitative estimate of drug-likeness (QED) is 0.730. The zero-order valence-corrected chi connectivity index (χ0v) is 12.0. The van der Waals surface area contributed by atoms with Crippen LogP contribution in [0.5, 0.6) is 0 Å². The van der Waals surface area contributed by atoms with Crippen LogP contribution in [-0.4, -0.2) is 19.1 Å². The highest BCUT2D eigenvalue weighted by atomic mass is 15.1. The normalized spacial score (nSPS) is 10.9. The Balaban J connectivity index is 1.86. The maximum absolute atomic E-state index is 4.48. The van der Waals surface area contributed by atoms with Crippen LogP contribution < -0.4 is 0 Å². The molecule has 0 bridgehead atoms. The molecule has 0 aliphatic rings. The molecule has 0 atom stereocenters. The summed E-state index contributed by atoms with van der Waals surface area (Å²) >= 11 is 0. The van der Waals surface area contributed by atoms with Gasteiger partial charge in [0.2, 0.25) is 0 Å². The minimum Gasteiger partial charge on any atom is -0.329 e. The summed E-state index contributed by atoms with van der Waals surface area (Å²) < 4.78 is 4.15. The van der Waals surface area contributed by atoms with E-state index in [0.717, 1.165) is 23.8 Å². The monoisotopic (exact) mass is 266 g/mol. The van der Waals surface area contributed by atoms with Gasteiger partial charge in [-0.05, 0) is 44.0 Å². The molecule has 0 radical (unpaired) electrons. The first-order chi connectivity index (χ1) is 9.63. The second-order valence-corrected chi connectivity index (χ2v) is 5.14. The van der Waals surface area contributed by atoms with Crippen LogP contribution in [0.4, 0.5) is 0 Å². The van der Waals surface area contributed by atoms with Gasteiger partial charge in [0.15, 0.2) is 0 Å². The van der Waals surface area contributed by atoms with E-state index < -0.39 is 0 Å². The predicted molar refractivity (Wildman–Crippen MR) is 79.1 cm³/mol. The fourth-order valence-corrected chi connectivity index (χ4v) is 2.22. The van der Waals surface area contributed by atoms with Crippen LogP contribution in [0.3, 0.4) is 0 Å². The molecular weight excluding hydrogens is 248 g/mol. The number of aromatic nitrogens is 4. The molecule has 0 saturated heterocycles. The standard InChI is InChI=1S/C16H18N4/c1-12-4-5-16(8-13(12)2)20-10-15(18-11-20)9-19-7-6-17-14(19)3/h4-8,10-11H,9H2,1-3H3. The van der Waals surface area contributed by atoms with Gasteiger partial charge >= 0.3 is 0 Å². The maximum atomic E-state index is 4.48. The average Bonchev–Trinajstić information content (AvgIpc) is 3.04. The molecule has 0 spiro atoms. The summed E-state index contributed by atoms with van der Waals surface area (Å²) in [7, 11) is 0. The molecule has 1 aromatic carbocycles. The summed E-state index contributed by atoms with van der Waals surface area (Å²) in [6.07, 6.45) is 7.73. The number of hydrogen-bond acceptors (Lipinski definition) is 2. The molecule has 0 aliphatic heterocycles.